The van der Waals surface area contributed by atoms with Crippen LogP contribution >= 0.6 is 0 Å². The van der Waals surface area contributed by atoms with Gasteiger partial charge in [-0.3, -0.25) is 0 Å². The lowest BCUT2D eigenvalue weighted by atomic mass is 10.1. The molecule has 0 aliphatic rings. The first-order chi connectivity index (χ1) is 10.7. The van der Waals surface area contributed by atoms with Gasteiger partial charge in [0.15, 0.2) is 0 Å². The van der Waals surface area contributed by atoms with Crippen molar-refractivity contribution in [3.05, 3.63) is 53.7 Å². The van der Waals surface area contributed by atoms with E-state index < -0.39 is 29.3 Å². The lowest BCUT2D eigenvalue weighted by Gasteiger charge is -2.08. The summed E-state index contributed by atoms with van der Waals surface area (Å²) in [6, 6.07) is 9.45. The Hall–Kier alpha value is -2.51. The van der Waals surface area contributed by atoms with Gasteiger partial charge in [-0.25, -0.2) is 4.98 Å². The molecule has 0 aliphatic carbocycles. The molecule has 120 valence electrons. The molecule has 0 fully saturated rings. The summed E-state index contributed by atoms with van der Waals surface area (Å²) < 4.78 is 77.3. The van der Waals surface area contributed by atoms with E-state index in [4.69, 9.17) is 0 Å². The molecule has 0 spiro atoms. The Kier molecular flexibility index (Phi) is 3.35. The third-order valence-corrected chi connectivity index (χ3v) is 3.28. The van der Waals surface area contributed by atoms with Gasteiger partial charge in [0.1, 0.15) is 5.69 Å². The number of fused-ring (bicyclic) bond motifs is 1. The third-order valence-electron chi connectivity index (χ3n) is 3.28. The highest BCUT2D eigenvalue weighted by atomic mass is 19.4. The second-order valence-electron chi connectivity index (χ2n) is 4.86. The molecule has 0 saturated heterocycles. The number of pyridine rings is 1. The van der Waals surface area contributed by atoms with Crippen LogP contribution in [0.5, 0.6) is 0 Å². The van der Waals surface area contributed by atoms with Crippen LogP contribution in [0.15, 0.2) is 42.5 Å². The molecule has 3 aromatic rings. The van der Waals surface area contributed by atoms with Crippen LogP contribution < -0.4 is 0 Å². The van der Waals surface area contributed by atoms with E-state index in [-0.39, 0.29) is 11.8 Å². The van der Waals surface area contributed by atoms with E-state index in [1.807, 2.05) is 0 Å². The highest BCUT2D eigenvalue weighted by molar-refractivity contribution is 5.81. The molecule has 0 amide bonds. The van der Waals surface area contributed by atoms with Crippen LogP contribution in [0.4, 0.5) is 26.3 Å². The second kappa shape index (κ2) is 5.00. The highest BCUT2D eigenvalue weighted by Gasteiger charge is 2.41. The van der Waals surface area contributed by atoms with Crippen molar-refractivity contribution >= 4 is 10.9 Å². The smallest absolute Gasteiger partial charge is 0.349 e. The van der Waals surface area contributed by atoms with Crippen molar-refractivity contribution < 1.29 is 26.3 Å². The number of rotatable bonds is 1. The standard InChI is InChI=1S/C15H8F6N2/c16-14(17,18)9-7-12(15(19,20)21)23-13(9)11-6-5-8-3-1-2-4-10(8)22-11/h1-7,23H. The van der Waals surface area contributed by atoms with E-state index >= 15 is 0 Å². The molecule has 23 heavy (non-hydrogen) atoms. The fourth-order valence-corrected chi connectivity index (χ4v) is 2.24. The van der Waals surface area contributed by atoms with Gasteiger partial charge in [-0.05, 0) is 18.2 Å². The number of nitrogens with zero attached hydrogens (tertiary/aromatic N) is 1. The van der Waals surface area contributed by atoms with Crippen LogP contribution in [-0.4, -0.2) is 9.97 Å². The third kappa shape index (κ3) is 2.88. The van der Waals surface area contributed by atoms with Crippen molar-refractivity contribution in [1.82, 2.24) is 9.97 Å². The second-order valence-corrected chi connectivity index (χ2v) is 4.86. The number of para-hydroxylation sites is 1. The average molecular weight is 330 g/mol. The van der Waals surface area contributed by atoms with E-state index in [9.17, 15) is 26.3 Å². The Balaban J connectivity index is 2.22. The minimum absolute atomic E-state index is 0.0617. The normalized spacial score (nSPS) is 12.8. The van der Waals surface area contributed by atoms with Gasteiger partial charge in [0.25, 0.3) is 0 Å². The van der Waals surface area contributed by atoms with Gasteiger partial charge in [0, 0.05) is 5.39 Å². The van der Waals surface area contributed by atoms with E-state index in [0.29, 0.717) is 10.9 Å². The predicted molar refractivity (Wildman–Crippen MR) is 71.5 cm³/mol. The summed E-state index contributed by atoms with van der Waals surface area (Å²) in [5, 5.41) is 0.674. The maximum Gasteiger partial charge on any atom is 0.431 e. The number of halogens is 6. The van der Waals surface area contributed by atoms with Gasteiger partial charge in [0.05, 0.1) is 22.5 Å². The molecule has 0 radical (unpaired) electrons. The molecular formula is C15H8F6N2. The largest absolute Gasteiger partial charge is 0.431 e. The minimum Gasteiger partial charge on any atom is -0.349 e. The van der Waals surface area contributed by atoms with E-state index in [2.05, 4.69) is 4.98 Å². The van der Waals surface area contributed by atoms with Gasteiger partial charge < -0.3 is 4.98 Å². The quantitative estimate of drug-likeness (QED) is 0.605. The predicted octanol–water partition coefficient (Wildman–Crippen LogP) is 5.27. The lowest BCUT2D eigenvalue weighted by Crippen LogP contribution is -2.06. The molecule has 2 nitrogen and oxygen atoms in total. The number of hydrogen-bond acceptors (Lipinski definition) is 1. The molecule has 2 heterocycles. The summed E-state index contributed by atoms with van der Waals surface area (Å²) in [6.45, 7) is 0. The zero-order valence-electron chi connectivity index (χ0n) is 11.3. The summed E-state index contributed by atoms with van der Waals surface area (Å²) in [5.41, 5.74) is -3.37. The van der Waals surface area contributed by atoms with Crippen molar-refractivity contribution in [2.75, 3.05) is 0 Å². The molecule has 0 atom stereocenters. The summed E-state index contributed by atoms with van der Waals surface area (Å²) in [7, 11) is 0. The van der Waals surface area contributed by atoms with Gasteiger partial charge in [-0.2, -0.15) is 26.3 Å². The number of aromatic amines is 1. The average Bonchev–Trinajstić information content (AvgIpc) is 2.92. The Morgan fingerprint density at radius 3 is 2.17 bits per heavy atom. The topological polar surface area (TPSA) is 28.7 Å². The molecule has 8 heteroatoms. The zero-order valence-corrected chi connectivity index (χ0v) is 11.3. The number of nitrogens with one attached hydrogen (secondary N) is 1. The van der Waals surface area contributed by atoms with Crippen molar-refractivity contribution in [2.24, 2.45) is 0 Å². The molecule has 1 aromatic carbocycles. The zero-order chi connectivity index (χ0) is 16.8. The van der Waals surface area contributed by atoms with Gasteiger partial charge >= 0.3 is 12.4 Å². The van der Waals surface area contributed by atoms with Gasteiger partial charge in [0.2, 0.25) is 0 Å². The van der Waals surface area contributed by atoms with Crippen LogP contribution in [0, 0.1) is 0 Å². The SMILES string of the molecule is FC(F)(F)c1cc(C(F)(F)F)c(-c2ccc3ccccc3n2)[nH]1. The Morgan fingerprint density at radius 1 is 0.826 bits per heavy atom. The van der Waals surface area contributed by atoms with Crippen LogP contribution in [0.3, 0.4) is 0 Å². The highest BCUT2D eigenvalue weighted by Crippen LogP contribution is 2.40. The minimum atomic E-state index is -4.93. The van der Waals surface area contributed by atoms with Crippen molar-refractivity contribution in [1.29, 1.82) is 0 Å². The van der Waals surface area contributed by atoms with E-state index in [1.165, 1.54) is 12.1 Å². The Labute approximate surface area is 125 Å². The van der Waals surface area contributed by atoms with Crippen molar-refractivity contribution in [3.63, 3.8) is 0 Å². The number of aromatic nitrogens is 2. The molecule has 0 unspecified atom stereocenters. The number of alkyl halides is 6. The summed E-state index contributed by atoms with van der Waals surface area (Å²) in [5.74, 6) is 0. The van der Waals surface area contributed by atoms with Crippen molar-refractivity contribution in [2.45, 2.75) is 12.4 Å². The molecule has 0 bridgehead atoms. The van der Waals surface area contributed by atoms with Crippen LogP contribution in [0.1, 0.15) is 11.3 Å². The Bertz CT molecular complexity index is 860. The number of H-pyrrole nitrogens is 1. The van der Waals surface area contributed by atoms with Gasteiger partial charge in [-0.15, -0.1) is 0 Å². The summed E-state index contributed by atoms with van der Waals surface area (Å²) in [6.07, 6.45) is -9.84. The van der Waals surface area contributed by atoms with Crippen LogP contribution in [-0.2, 0) is 12.4 Å². The first-order valence-electron chi connectivity index (χ1n) is 6.40. The molecule has 0 aliphatic heterocycles. The van der Waals surface area contributed by atoms with Crippen LogP contribution in [0.25, 0.3) is 22.3 Å². The maximum absolute atomic E-state index is 13.0. The monoisotopic (exact) mass is 330 g/mol. The van der Waals surface area contributed by atoms with Gasteiger partial charge in [-0.1, -0.05) is 24.3 Å². The first-order valence-corrected chi connectivity index (χ1v) is 6.40. The molecule has 2 aromatic heterocycles. The number of hydrogen-bond donors (Lipinski definition) is 1. The van der Waals surface area contributed by atoms with E-state index in [1.54, 1.807) is 29.2 Å². The lowest BCUT2D eigenvalue weighted by molar-refractivity contribution is -0.142. The molecular weight excluding hydrogens is 322 g/mol. The summed E-state index contributed by atoms with van der Waals surface area (Å²) >= 11 is 0. The summed E-state index contributed by atoms with van der Waals surface area (Å²) in [4.78, 5) is 5.82. The number of benzene rings is 1. The molecule has 1 N–H and O–H groups in total. The van der Waals surface area contributed by atoms with E-state index in [0.717, 1.165) is 0 Å². The fourth-order valence-electron chi connectivity index (χ4n) is 2.24. The maximum atomic E-state index is 13.0. The fraction of sp³-hybridized carbons (Fsp3) is 0.133. The molecule has 3 rings (SSSR count). The molecule has 0 saturated carbocycles. The first kappa shape index (κ1) is 15.4. The van der Waals surface area contributed by atoms with Crippen molar-refractivity contribution in [3.8, 4) is 11.4 Å². The Morgan fingerprint density at radius 2 is 1.52 bits per heavy atom. The van der Waals surface area contributed by atoms with Crippen LogP contribution in [0.2, 0.25) is 0 Å².